The number of carbonyl (C=O) groups is 2. The van der Waals surface area contributed by atoms with E-state index >= 15 is 0 Å². The van der Waals surface area contributed by atoms with Crippen LogP contribution in [0.3, 0.4) is 0 Å². The molecule has 1 aliphatic rings. The van der Waals surface area contributed by atoms with Crippen LogP contribution in [0.1, 0.15) is 5.56 Å². The zero-order chi connectivity index (χ0) is 22.9. The Hall–Kier alpha value is -4.09. The molecule has 0 atom stereocenters. The Kier molecular flexibility index (Phi) is 5.32. The average Bonchev–Trinajstić information content (AvgIpc) is 3.08. The Morgan fingerprint density at radius 2 is 1.55 bits per heavy atom. The molecule has 2 amide bonds. The number of halogens is 1. The molecule has 6 heteroatoms. The minimum absolute atomic E-state index is 0.210. The molecule has 4 aromatic carbocycles. The molecule has 5 rings (SSSR count). The highest BCUT2D eigenvalue weighted by Gasteiger charge is 2.40. The summed E-state index contributed by atoms with van der Waals surface area (Å²) in [6.07, 6.45) is 0. The Bertz CT molecular complexity index is 1420. The second-order valence-electron chi connectivity index (χ2n) is 7.56. The summed E-state index contributed by atoms with van der Waals surface area (Å²) >= 11 is 6.14. The third kappa shape index (κ3) is 3.73. The van der Waals surface area contributed by atoms with Crippen molar-refractivity contribution in [3.05, 3.63) is 107 Å². The topological polar surface area (TPSA) is 58.6 Å². The Morgan fingerprint density at radius 1 is 0.818 bits per heavy atom. The van der Waals surface area contributed by atoms with Crippen molar-refractivity contribution in [3.63, 3.8) is 0 Å². The molecule has 0 spiro atoms. The maximum atomic E-state index is 13.6. The van der Waals surface area contributed by atoms with Gasteiger partial charge in [-0.15, -0.1) is 0 Å². The molecule has 33 heavy (non-hydrogen) atoms. The van der Waals surface area contributed by atoms with E-state index in [-0.39, 0.29) is 11.3 Å². The molecule has 1 heterocycles. The summed E-state index contributed by atoms with van der Waals surface area (Å²) in [5.74, 6) is -0.206. The summed E-state index contributed by atoms with van der Waals surface area (Å²) < 4.78 is 5.25. The first-order valence-corrected chi connectivity index (χ1v) is 10.7. The summed E-state index contributed by atoms with van der Waals surface area (Å²) in [6.45, 7) is 0. The predicted octanol–water partition coefficient (Wildman–Crippen LogP) is 5.90. The minimum atomic E-state index is -0.444. The van der Waals surface area contributed by atoms with E-state index in [1.165, 1.54) is 0 Å². The van der Waals surface area contributed by atoms with Crippen LogP contribution in [-0.4, -0.2) is 18.9 Å². The quantitative estimate of drug-likeness (QED) is 0.381. The van der Waals surface area contributed by atoms with Crippen molar-refractivity contribution in [3.8, 4) is 5.75 Å². The lowest BCUT2D eigenvalue weighted by Crippen LogP contribution is -2.32. The SMILES string of the molecule is COc1ccc(C2=C(Nc3cccc4ccccc34)C(=O)N(c3cccc(Cl)c3)C2=O)cc1. The smallest absolute Gasteiger partial charge is 0.282 e. The first kappa shape index (κ1) is 20.8. The molecule has 1 aliphatic heterocycles. The van der Waals surface area contributed by atoms with Gasteiger partial charge in [-0.2, -0.15) is 0 Å². The van der Waals surface area contributed by atoms with Crippen LogP contribution in [0, 0.1) is 0 Å². The van der Waals surface area contributed by atoms with Crippen molar-refractivity contribution >= 4 is 51.1 Å². The molecule has 4 aromatic rings. The predicted molar refractivity (Wildman–Crippen MR) is 131 cm³/mol. The van der Waals surface area contributed by atoms with Gasteiger partial charge in [0.15, 0.2) is 0 Å². The van der Waals surface area contributed by atoms with E-state index in [0.717, 1.165) is 21.4 Å². The second kappa shape index (κ2) is 8.45. The van der Waals surface area contributed by atoms with Crippen molar-refractivity contribution < 1.29 is 14.3 Å². The number of rotatable bonds is 5. The van der Waals surface area contributed by atoms with E-state index in [1.807, 2.05) is 42.5 Å². The summed E-state index contributed by atoms with van der Waals surface area (Å²) in [6, 6.07) is 27.4. The first-order valence-electron chi connectivity index (χ1n) is 10.3. The fraction of sp³-hybridized carbons (Fsp3) is 0.0370. The van der Waals surface area contributed by atoms with E-state index in [0.29, 0.717) is 22.0 Å². The Balaban J connectivity index is 1.65. The Morgan fingerprint density at radius 3 is 2.30 bits per heavy atom. The number of nitrogens with zero attached hydrogens (tertiary/aromatic N) is 1. The van der Waals surface area contributed by atoms with Crippen molar-refractivity contribution in [1.29, 1.82) is 0 Å². The van der Waals surface area contributed by atoms with Crippen molar-refractivity contribution in [2.45, 2.75) is 0 Å². The van der Waals surface area contributed by atoms with Gasteiger partial charge >= 0.3 is 0 Å². The molecule has 0 aromatic heterocycles. The van der Waals surface area contributed by atoms with Crippen LogP contribution in [0.15, 0.2) is 96.7 Å². The lowest BCUT2D eigenvalue weighted by atomic mass is 10.0. The van der Waals surface area contributed by atoms with Gasteiger partial charge in [0, 0.05) is 16.1 Å². The molecule has 162 valence electrons. The summed E-state index contributed by atoms with van der Waals surface area (Å²) in [5.41, 5.74) is 2.26. The fourth-order valence-corrected chi connectivity index (χ4v) is 4.17. The normalized spacial score (nSPS) is 13.7. The lowest BCUT2D eigenvalue weighted by Gasteiger charge is -2.16. The van der Waals surface area contributed by atoms with Gasteiger partial charge in [0.1, 0.15) is 11.4 Å². The van der Waals surface area contributed by atoms with Crippen LogP contribution in [0.5, 0.6) is 5.75 Å². The van der Waals surface area contributed by atoms with Crippen molar-refractivity contribution in [2.75, 3.05) is 17.3 Å². The Labute approximate surface area is 195 Å². The number of anilines is 2. The highest BCUT2D eigenvalue weighted by Crippen LogP contribution is 2.36. The van der Waals surface area contributed by atoms with E-state index in [1.54, 1.807) is 55.6 Å². The largest absolute Gasteiger partial charge is 0.497 e. The van der Waals surface area contributed by atoms with E-state index in [2.05, 4.69) is 5.32 Å². The number of hydrogen-bond donors (Lipinski definition) is 1. The molecule has 0 aliphatic carbocycles. The number of benzene rings is 4. The highest BCUT2D eigenvalue weighted by atomic mass is 35.5. The van der Waals surface area contributed by atoms with Gasteiger partial charge in [0.25, 0.3) is 11.8 Å². The number of imide groups is 1. The van der Waals surface area contributed by atoms with Gasteiger partial charge in [-0.25, -0.2) is 4.90 Å². The van der Waals surface area contributed by atoms with E-state index < -0.39 is 11.8 Å². The van der Waals surface area contributed by atoms with Gasteiger partial charge in [-0.1, -0.05) is 66.2 Å². The maximum Gasteiger partial charge on any atom is 0.282 e. The number of methoxy groups -OCH3 is 1. The van der Waals surface area contributed by atoms with Gasteiger partial charge < -0.3 is 10.1 Å². The summed E-state index contributed by atoms with van der Waals surface area (Å²) in [4.78, 5) is 28.3. The highest BCUT2D eigenvalue weighted by molar-refractivity contribution is 6.46. The zero-order valence-corrected chi connectivity index (χ0v) is 18.5. The number of fused-ring (bicyclic) bond motifs is 1. The first-order chi connectivity index (χ1) is 16.1. The molecule has 5 nitrogen and oxygen atoms in total. The third-order valence-corrected chi connectivity index (χ3v) is 5.81. The lowest BCUT2D eigenvalue weighted by molar-refractivity contribution is -0.120. The molecular weight excluding hydrogens is 436 g/mol. The standard InChI is InChI=1S/C27H19ClN2O3/c1-33-21-14-12-18(13-15-21)24-25(29-23-11-4-7-17-6-2-3-10-22(17)23)27(32)30(26(24)31)20-9-5-8-19(28)16-20/h2-16,29H,1H3. The van der Waals surface area contributed by atoms with Gasteiger partial charge in [0.05, 0.1) is 18.4 Å². The fourth-order valence-electron chi connectivity index (χ4n) is 3.99. The molecule has 0 fully saturated rings. The second-order valence-corrected chi connectivity index (χ2v) is 7.99. The summed E-state index contributed by atoms with van der Waals surface area (Å²) in [7, 11) is 1.58. The van der Waals surface area contributed by atoms with Crippen LogP contribution >= 0.6 is 11.6 Å². The number of hydrogen-bond acceptors (Lipinski definition) is 4. The van der Waals surface area contributed by atoms with Crippen LogP contribution in [0.2, 0.25) is 5.02 Å². The van der Waals surface area contributed by atoms with Gasteiger partial charge in [-0.05, 0) is 47.3 Å². The molecule has 0 saturated carbocycles. The third-order valence-electron chi connectivity index (χ3n) is 5.58. The number of amides is 2. The van der Waals surface area contributed by atoms with Gasteiger partial charge in [0.2, 0.25) is 0 Å². The monoisotopic (exact) mass is 454 g/mol. The van der Waals surface area contributed by atoms with Crippen LogP contribution in [-0.2, 0) is 9.59 Å². The number of nitrogens with one attached hydrogen (secondary N) is 1. The molecule has 0 unspecified atom stereocenters. The van der Waals surface area contributed by atoms with Crippen LogP contribution in [0.4, 0.5) is 11.4 Å². The van der Waals surface area contributed by atoms with Crippen LogP contribution < -0.4 is 15.0 Å². The van der Waals surface area contributed by atoms with E-state index in [9.17, 15) is 9.59 Å². The van der Waals surface area contributed by atoms with Crippen molar-refractivity contribution in [1.82, 2.24) is 0 Å². The number of ether oxygens (including phenoxy) is 1. The molecule has 0 radical (unpaired) electrons. The minimum Gasteiger partial charge on any atom is -0.497 e. The maximum absolute atomic E-state index is 13.6. The molecule has 0 saturated heterocycles. The average molecular weight is 455 g/mol. The van der Waals surface area contributed by atoms with E-state index in [4.69, 9.17) is 16.3 Å². The number of carbonyl (C=O) groups excluding carboxylic acids is 2. The summed E-state index contributed by atoms with van der Waals surface area (Å²) in [5, 5.41) is 5.67. The molecule has 0 bridgehead atoms. The van der Waals surface area contributed by atoms with Crippen LogP contribution in [0.25, 0.3) is 16.3 Å². The van der Waals surface area contributed by atoms with Crippen molar-refractivity contribution in [2.24, 2.45) is 0 Å². The zero-order valence-electron chi connectivity index (χ0n) is 17.7. The molecular formula is C27H19ClN2O3. The molecule has 1 N–H and O–H groups in total. The van der Waals surface area contributed by atoms with Gasteiger partial charge in [-0.3, -0.25) is 9.59 Å².